The summed E-state index contributed by atoms with van der Waals surface area (Å²) in [6.07, 6.45) is 9.79. The Morgan fingerprint density at radius 3 is 2.65 bits per heavy atom. The van der Waals surface area contributed by atoms with Crippen LogP contribution in [0.2, 0.25) is 5.02 Å². The van der Waals surface area contributed by atoms with Crippen molar-refractivity contribution in [1.29, 1.82) is 0 Å². The first-order valence-corrected chi connectivity index (χ1v) is 8.01. The highest BCUT2D eigenvalue weighted by molar-refractivity contribution is 6.30. The van der Waals surface area contributed by atoms with Gasteiger partial charge in [0, 0.05) is 18.9 Å². The van der Waals surface area contributed by atoms with Gasteiger partial charge in [-0.05, 0) is 62.1 Å². The Morgan fingerprint density at radius 2 is 1.95 bits per heavy atom. The Hall–Kier alpha value is -1.06. The lowest BCUT2D eigenvalue weighted by Gasteiger charge is -2.15. The second-order valence-corrected chi connectivity index (χ2v) is 6.75. The molecular formula is C16H20ClN3. The van der Waals surface area contributed by atoms with Gasteiger partial charge in [0.05, 0.1) is 10.7 Å². The quantitative estimate of drug-likeness (QED) is 0.882. The first-order valence-electron chi connectivity index (χ1n) is 7.63. The summed E-state index contributed by atoms with van der Waals surface area (Å²) in [6.45, 7) is 2.01. The van der Waals surface area contributed by atoms with E-state index in [1.54, 1.807) is 0 Å². The molecule has 0 saturated heterocycles. The average Bonchev–Trinajstić information content (AvgIpc) is 3.32. The molecule has 3 nitrogen and oxygen atoms in total. The smallest absolute Gasteiger partial charge is 0.137 e. The van der Waals surface area contributed by atoms with Crippen molar-refractivity contribution in [1.82, 2.24) is 14.7 Å². The van der Waals surface area contributed by atoms with E-state index < -0.39 is 0 Å². The molecule has 2 aromatic heterocycles. The van der Waals surface area contributed by atoms with Gasteiger partial charge in [0.25, 0.3) is 0 Å². The minimum absolute atomic E-state index is 0.747. The highest BCUT2D eigenvalue weighted by Crippen LogP contribution is 2.48. The van der Waals surface area contributed by atoms with Crippen LogP contribution in [0.15, 0.2) is 24.5 Å². The monoisotopic (exact) mass is 289 g/mol. The number of fused-ring (bicyclic) bond motifs is 1. The molecule has 2 aliphatic carbocycles. The third-order valence-electron chi connectivity index (χ3n) is 4.61. The van der Waals surface area contributed by atoms with Crippen LogP contribution in [-0.4, -0.2) is 15.9 Å². The Morgan fingerprint density at radius 1 is 1.20 bits per heavy atom. The number of aromatic nitrogens is 2. The second-order valence-electron chi connectivity index (χ2n) is 6.31. The lowest BCUT2D eigenvalue weighted by Crippen LogP contribution is -2.25. The van der Waals surface area contributed by atoms with E-state index in [4.69, 9.17) is 11.6 Å². The maximum absolute atomic E-state index is 5.99. The van der Waals surface area contributed by atoms with Gasteiger partial charge in [-0.1, -0.05) is 11.6 Å². The number of nitrogens with one attached hydrogen (secondary N) is 1. The number of rotatable bonds is 6. The van der Waals surface area contributed by atoms with Crippen LogP contribution in [0, 0.1) is 17.8 Å². The standard InChI is InChI=1S/C16H20ClN3/c17-13-5-6-16-19-14(10-20(16)9-13)7-18-8-15(11-1-2-11)12-3-4-12/h5-6,9-12,15,18H,1-4,7-8H2. The molecule has 0 aliphatic heterocycles. The van der Waals surface area contributed by atoms with Crippen LogP contribution in [-0.2, 0) is 6.54 Å². The zero-order valence-corrected chi connectivity index (χ0v) is 12.3. The largest absolute Gasteiger partial charge is 0.311 e. The van der Waals surface area contributed by atoms with Crippen LogP contribution < -0.4 is 5.32 Å². The van der Waals surface area contributed by atoms with Crippen LogP contribution in [0.4, 0.5) is 0 Å². The second kappa shape index (κ2) is 5.05. The van der Waals surface area contributed by atoms with E-state index in [0.717, 1.165) is 47.2 Å². The molecule has 0 radical (unpaired) electrons. The highest BCUT2D eigenvalue weighted by Gasteiger charge is 2.40. The number of hydrogen-bond acceptors (Lipinski definition) is 2. The van der Waals surface area contributed by atoms with Gasteiger partial charge < -0.3 is 9.72 Å². The van der Waals surface area contributed by atoms with E-state index in [2.05, 4.69) is 16.5 Å². The number of imidazole rings is 1. The normalized spacial score (nSPS) is 19.1. The minimum atomic E-state index is 0.747. The van der Waals surface area contributed by atoms with Gasteiger partial charge in [0.1, 0.15) is 5.65 Å². The van der Waals surface area contributed by atoms with Crippen LogP contribution >= 0.6 is 11.6 Å². The molecule has 0 atom stereocenters. The molecule has 2 fully saturated rings. The number of pyridine rings is 1. The fraction of sp³-hybridized carbons (Fsp3) is 0.562. The first kappa shape index (κ1) is 12.7. The van der Waals surface area contributed by atoms with Crippen LogP contribution in [0.1, 0.15) is 31.4 Å². The van der Waals surface area contributed by atoms with Crippen LogP contribution in [0.25, 0.3) is 5.65 Å². The van der Waals surface area contributed by atoms with Gasteiger partial charge >= 0.3 is 0 Å². The third-order valence-corrected chi connectivity index (χ3v) is 4.83. The Balaban J connectivity index is 1.37. The summed E-state index contributed by atoms with van der Waals surface area (Å²) in [4.78, 5) is 4.61. The van der Waals surface area contributed by atoms with Gasteiger partial charge in [0.2, 0.25) is 0 Å². The molecule has 2 heterocycles. The molecule has 4 heteroatoms. The van der Waals surface area contributed by atoms with Gasteiger partial charge in [-0.3, -0.25) is 0 Å². The molecule has 1 N–H and O–H groups in total. The van der Waals surface area contributed by atoms with Gasteiger partial charge in [0.15, 0.2) is 0 Å². The summed E-state index contributed by atoms with van der Waals surface area (Å²) in [5, 5.41) is 4.36. The molecule has 2 aromatic rings. The molecule has 20 heavy (non-hydrogen) atoms. The van der Waals surface area contributed by atoms with E-state index >= 15 is 0 Å². The molecular weight excluding hydrogens is 270 g/mol. The fourth-order valence-electron chi connectivity index (χ4n) is 3.24. The Bertz CT molecular complexity index is 601. The SMILES string of the molecule is Clc1ccc2nc(CNCC(C3CC3)C3CC3)cn2c1. The predicted octanol–water partition coefficient (Wildman–Crippen LogP) is 3.51. The zero-order chi connectivity index (χ0) is 13.5. The summed E-state index contributed by atoms with van der Waals surface area (Å²) in [5.74, 6) is 2.94. The number of nitrogens with zero attached hydrogens (tertiary/aromatic N) is 2. The molecule has 106 valence electrons. The van der Waals surface area contributed by atoms with E-state index in [0.29, 0.717) is 0 Å². The highest BCUT2D eigenvalue weighted by atomic mass is 35.5. The molecule has 2 aliphatic rings. The van der Waals surface area contributed by atoms with Crippen molar-refractivity contribution in [3.05, 3.63) is 35.2 Å². The maximum atomic E-state index is 5.99. The lowest BCUT2D eigenvalue weighted by molar-refractivity contribution is 0.378. The Labute approximate surface area is 124 Å². The number of halogens is 1. The van der Waals surface area contributed by atoms with Gasteiger partial charge in [-0.2, -0.15) is 0 Å². The predicted molar refractivity (Wildman–Crippen MR) is 80.8 cm³/mol. The summed E-state index contributed by atoms with van der Waals surface area (Å²) < 4.78 is 2.00. The van der Waals surface area contributed by atoms with E-state index in [1.165, 1.54) is 25.7 Å². The van der Waals surface area contributed by atoms with Crippen molar-refractivity contribution < 1.29 is 0 Å². The summed E-state index contributed by atoms with van der Waals surface area (Å²) >= 11 is 5.99. The van der Waals surface area contributed by atoms with E-state index in [1.807, 2.05) is 22.7 Å². The van der Waals surface area contributed by atoms with E-state index in [9.17, 15) is 0 Å². The van der Waals surface area contributed by atoms with Crippen LogP contribution in [0.3, 0.4) is 0 Å². The van der Waals surface area contributed by atoms with Crippen molar-refractivity contribution in [3.8, 4) is 0 Å². The average molecular weight is 290 g/mol. The fourth-order valence-corrected chi connectivity index (χ4v) is 3.40. The van der Waals surface area contributed by atoms with Crippen molar-refractivity contribution in [2.24, 2.45) is 17.8 Å². The summed E-state index contributed by atoms with van der Waals surface area (Å²) in [5.41, 5.74) is 2.06. The lowest BCUT2D eigenvalue weighted by atomic mass is 9.98. The van der Waals surface area contributed by atoms with Crippen molar-refractivity contribution in [2.75, 3.05) is 6.54 Å². The first-order chi connectivity index (χ1) is 9.79. The zero-order valence-electron chi connectivity index (χ0n) is 11.6. The van der Waals surface area contributed by atoms with Crippen LogP contribution in [0.5, 0.6) is 0 Å². The molecule has 0 amide bonds. The van der Waals surface area contributed by atoms with Gasteiger partial charge in [-0.15, -0.1) is 0 Å². The van der Waals surface area contributed by atoms with Crippen molar-refractivity contribution >= 4 is 17.2 Å². The molecule has 0 aromatic carbocycles. The summed E-state index contributed by atoms with van der Waals surface area (Å²) in [6, 6.07) is 3.85. The third kappa shape index (κ3) is 2.70. The van der Waals surface area contributed by atoms with Gasteiger partial charge in [-0.25, -0.2) is 4.98 Å². The molecule has 4 rings (SSSR count). The maximum Gasteiger partial charge on any atom is 0.137 e. The number of hydrogen-bond donors (Lipinski definition) is 1. The topological polar surface area (TPSA) is 29.3 Å². The Kier molecular flexibility index (Phi) is 3.20. The summed E-state index contributed by atoms with van der Waals surface area (Å²) in [7, 11) is 0. The van der Waals surface area contributed by atoms with Crippen molar-refractivity contribution in [2.45, 2.75) is 32.2 Å². The van der Waals surface area contributed by atoms with Crippen molar-refractivity contribution in [3.63, 3.8) is 0 Å². The molecule has 0 spiro atoms. The minimum Gasteiger partial charge on any atom is -0.311 e. The van der Waals surface area contributed by atoms with E-state index in [-0.39, 0.29) is 0 Å². The molecule has 0 unspecified atom stereocenters. The molecule has 2 saturated carbocycles. The molecule has 0 bridgehead atoms.